The molecule has 0 aliphatic heterocycles. The molecule has 2 aromatic heterocycles. The summed E-state index contributed by atoms with van der Waals surface area (Å²) in [5, 5.41) is 24.5. The standard InChI is InChI=1S/C26H24N8O/c1-16(2)34-15-29-23-24(31-22-17(3)12-19(6-5-11-27)13-21(22)35-4)32-26(33-25(23)34)30-20-9-7-18(14-28)8-10-20/h5-10,12-13,15-16H,1-4H3,(H2,30,31,32,33)/b6-5+. The van der Waals surface area contributed by atoms with Gasteiger partial charge in [0.05, 0.1) is 36.8 Å². The van der Waals surface area contributed by atoms with E-state index in [0.717, 1.165) is 22.5 Å². The number of nitrogens with one attached hydrogen (secondary N) is 2. The lowest BCUT2D eigenvalue weighted by Gasteiger charge is -2.16. The summed E-state index contributed by atoms with van der Waals surface area (Å²) in [6.07, 6.45) is 4.90. The van der Waals surface area contributed by atoms with E-state index in [1.54, 1.807) is 43.8 Å². The topological polar surface area (TPSA) is 124 Å². The second-order valence-electron chi connectivity index (χ2n) is 8.13. The van der Waals surface area contributed by atoms with Gasteiger partial charge in [0.25, 0.3) is 0 Å². The first-order chi connectivity index (χ1) is 16.9. The lowest BCUT2D eigenvalue weighted by atomic mass is 10.1. The van der Waals surface area contributed by atoms with Crippen LogP contribution < -0.4 is 15.4 Å². The van der Waals surface area contributed by atoms with Gasteiger partial charge in [-0.05, 0) is 74.4 Å². The summed E-state index contributed by atoms with van der Waals surface area (Å²) in [7, 11) is 1.60. The van der Waals surface area contributed by atoms with E-state index in [0.29, 0.717) is 34.2 Å². The summed E-state index contributed by atoms with van der Waals surface area (Å²) in [4.78, 5) is 14.0. The number of methoxy groups -OCH3 is 1. The molecule has 2 heterocycles. The fourth-order valence-corrected chi connectivity index (χ4v) is 3.65. The van der Waals surface area contributed by atoms with Crippen LogP contribution in [0.25, 0.3) is 17.2 Å². The van der Waals surface area contributed by atoms with E-state index < -0.39 is 0 Å². The number of rotatable bonds is 7. The maximum Gasteiger partial charge on any atom is 0.231 e. The highest BCUT2D eigenvalue weighted by atomic mass is 16.5. The molecule has 0 saturated carbocycles. The van der Waals surface area contributed by atoms with Crippen LogP contribution in [-0.4, -0.2) is 26.6 Å². The number of hydrogen-bond donors (Lipinski definition) is 2. The maximum atomic E-state index is 9.06. The number of hydrogen-bond acceptors (Lipinski definition) is 8. The lowest BCUT2D eigenvalue weighted by Crippen LogP contribution is -2.06. The predicted octanol–water partition coefficient (Wildman–Crippen LogP) is 5.62. The van der Waals surface area contributed by atoms with E-state index >= 15 is 0 Å². The Bertz CT molecular complexity index is 1490. The molecule has 2 N–H and O–H groups in total. The molecule has 0 spiro atoms. The number of aryl methyl sites for hydroxylation is 1. The van der Waals surface area contributed by atoms with Crippen LogP contribution in [-0.2, 0) is 0 Å². The maximum absolute atomic E-state index is 9.06. The van der Waals surface area contributed by atoms with Gasteiger partial charge in [0.2, 0.25) is 5.95 Å². The van der Waals surface area contributed by atoms with Gasteiger partial charge >= 0.3 is 0 Å². The number of fused-ring (bicyclic) bond motifs is 1. The van der Waals surface area contributed by atoms with Crippen molar-refractivity contribution >= 4 is 40.4 Å². The zero-order valence-corrected chi connectivity index (χ0v) is 19.9. The van der Waals surface area contributed by atoms with Gasteiger partial charge in [0, 0.05) is 17.8 Å². The number of imidazole rings is 1. The predicted molar refractivity (Wildman–Crippen MR) is 136 cm³/mol. The molecule has 0 bridgehead atoms. The second kappa shape index (κ2) is 9.94. The van der Waals surface area contributed by atoms with Gasteiger partial charge in [-0.1, -0.05) is 0 Å². The molecular formula is C26H24N8O. The third-order valence-electron chi connectivity index (χ3n) is 5.38. The van der Waals surface area contributed by atoms with Gasteiger partial charge in [-0.2, -0.15) is 20.5 Å². The number of allylic oxidation sites excluding steroid dienone is 1. The second-order valence-corrected chi connectivity index (χ2v) is 8.13. The van der Waals surface area contributed by atoms with E-state index in [1.165, 1.54) is 6.08 Å². The summed E-state index contributed by atoms with van der Waals surface area (Å²) in [5.41, 5.74) is 5.14. The first kappa shape index (κ1) is 23.3. The third kappa shape index (κ3) is 4.90. The molecule has 0 atom stereocenters. The Morgan fingerprint density at radius 2 is 1.86 bits per heavy atom. The van der Waals surface area contributed by atoms with Crippen LogP contribution >= 0.6 is 0 Å². The van der Waals surface area contributed by atoms with E-state index in [1.807, 2.05) is 29.7 Å². The van der Waals surface area contributed by atoms with Gasteiger partial charge < -0.3 is 19.9 Å². The monoisotopic (exact) mass is 464 g/mol. The Morgan fingerprint density at radius 3 is 2.51 bits per heavy atom. The van der Waals surface area contributed by atoms with Crippen molar-refractivity contribution in [1.29, 1.82) is 10.5 Å². The SMILES string of the molecule is COc1cc(/C=C/C#N)cc(C)c1Nc1nc(Nc2ccc(C#N)cc2)nc2c1ncn2C(C)C. The molecule has 9 heteroatoms. The largest absolute Gasteiger partial charge is 0.495 e. The molecule has 35 heavy (non-hydrogen) atoms. The number of benzene rings is 2. The Labute approximate surface area is 203 Å². The Hall–Kier alpha value is -4.89. The Balaban J connectivity index is 1.80. The molecule has 0 fully saturated rings. The quantitative estimate of drug-likeness (QED) is 0.338. The van der Waals surface area contributed by atoms with E-state index in [9.17, 15) is 0 Å². The molecule has 4 aromatic rings. The average molecular weight is 465 g/mol. The Kier molecular flexibility index (Phi) is 6.61. The van der Waals surface area contributed by atoms with Crippen LogP contribution in [0, 0.1) is 29.6 Å². The highest BCUT2D eigenvalue weighted by Crippen LogP contribution is 2.35. The minimum absolute atomic E-state index is 0.146. The number of nitrogens with zero attached hydrogens (tertiary/aromatic N) is 6. The van der Waals surface area contributed by atoms with E-state index in [2.05, 4.69) is 35.5 Å². The van der Waals surface area contributed by atoms with Gasteiger partial charge in [-0.25, -0.2) is 4.98 Å². The summed E-state index contributed by atoms with van der Waals surface area (Å²) in [6.45, 7) is 6.07. The van der Waals surface area contributed by atoms with Crippen LogP contribution in [0.1, 0.15) is 36.6 Å². The van der Waals surface area contributed by atoms with Gasteiger partial charge in [-0.3, -0.25) is 0 Å². The summed E-state index contributed by atoms with van der Waals surface area (Å²) in [5.74, 6) is 1.52. The zero-order chi connectivity index (χ0) is 24.9. The number of anilines is 4. The number of ether oxygens (including phenoxy) is 1. The molecule has 174 valence electrons. The van der Waals surface area contributed by atoms with Crippen LogP contribution in [0.3, 0.4) is 0 Å². The third-order valence-corrected chi connectivity index (χ3v) is 5.38. The molecule has 9 nitrogen and oxygen atoms in total. The van der Waals surface area contributed by atoms with Crippen molar-refractivity contribution in [3.63, 3.8) is 0 Å². The van der Waals surface area contributed by atoms with Crippen molar-refractivity contribution in [2.45, 2.75) is 26.8 Å². The molecule has 0 aliphatic carbocycles. The highest BCUT2D eigenvalue weighted by Gasteiger charge is 2.18. The fourth-order valence-electron chi connectivity index (χ4n) is 3.65. The molecule has 0 unspecified atom stereocenters. The zero-order valence-electron chi connectivity index (χ0n) is 19.9. The molecule has 2 aromatic carbocycles. The van der Waals surface area contributed by atoms with Crippen LogP contribution in [0.2, 0.25) is 0 Å². The molecule has 0 saturated heterocycles. The van der Waals surface area contributed by atoms with E-state index in [4.69, 9.17) is 25.2 Å². The summed E-state index contributed by atoms with van der Waals surface area (Å²) < 4.78 is 7.61. The first-order valence-corrected chi connectivity index (χ1v) is 11.0. The van der Waals surface area contributed by atoms with E-state index in [-0.39, 0.29) is 6.04 Å². The van der Waals surface area contributed by atoms with Gasteiger partial charge in [0.15, 0.2) is 17.0 Å². The lowest BCUT2D eigenvalue weighted by molar-refractivity contribution is 0.416. The van der Waals surface area contributed by atoms with Crippen molar-refractivity contribution in [3.05, 3.63) is 65.5 Å². The molecular weight excluding hydrogens is 440 g/mol. The number of aromatic nitrogens is 4. The summed E-state index contributed by atoms with van der Waals surface area (Å²) in [6, 6.07) is 15.1. The van der Waals surface area contributed by atoms with Gasteiger partial charge in [-0.15, -0.1) is 0 Å². The van der Waals surface area contributed by atoms with Crippen LogP contribution in [0.5, 0.6) is 5.75 Å². The van der Waals surface area contributed by atoms with Crippen molar-refractivity contribution < 1.29 is 4.74 Å². The molecule has 4 rings (SSSR count). The fraction of sp³-hybridized carbons (Fsp3) is 0.192. The molecule has 0 radical (unpaired) electrons. The van der Waals surface area contributed by atoms with Crippen molar-refractivity contribution in [1.82, 2.24) is 19.5 Å². The van der Waals surface area contributed by atoms with Gasteiger partial charge in [0.1, 0.15) is 5.75 Å². The minimum Gasteiger partial charge on any atom is -0.495 e. The Morgan fingerprint density at radius 1 is 1.09 bits per heavy atom. The average Bonchev–Trinajstić information content (AvgIpc) is 3.29. The van der Waals surface area contributed by atoms with Crippen molar-refractivity contribution in [2.75, 3.05) is 17.7 Å². The number of nitriles is 2. The summed E-state index contributed by atoms with van der Waals surface area (Å²) >= 11 is 0. The highest BCUT2D eigenvalue weighted by molar-refractivity contribution is 5.88. The smallest absolute Gasteiger partial charge is 0.231 e. The van der Waals surface area contributed by atoms with Crippen LogP contribution in [0.4, 0.5) is 23.1 Å². The van der Waals surface area contributed by atoms with Crippen LogP contribution in [0.15, 0.2) is 48.8 Å². The minimum atomic E-state index is 0.146. The molecule has 0 aliphatic rings. The van der Waals surface area contributed by atoms with Crippen molar-refractivity contribution in [2.24, 2.45) is 0 Å². The molecule has 0 amide bonds. The normalized spacial score (nSPS) is 10.9. The first-order valence-electron chi connectivity index (χ1n) is 11.0. The van der Waals surface area contributed by atoms with Crippen molar-refractivity contribution in [3.8, 4) is 17.9 Å².